The summed E-state index contributed by atoms with van der Waals surface area (Å²) in [4.78, 5) is 6.39. The van der Waals surface area contributed by atoms with Gasteiger partial charge >= 0.3 is 0 Å². The minimum atomic E-state index is -3.34. The van der Waals surface area contributed by atoms with Crippen molar-refractivity contribution in [2.75, 3.05) is 43.8 Å². The Hall–Kier alpha value is -3.04. The maximum absolute atomic E-state index is 11.5. The first-order valence-corrected chi connectivity index (χ1v) is 12.0. The van der Waals surface area contributed by atoms with E-state index in [1.807, 2.05) is 10.8 Å². The van der Waals surface area contributed by atoms with E-state index in [2.05, 4.69) is 38.9 Å². The summed E-state index contributed by atoms with van der Waals surface area (Å²) in [5, 5.41) is 0. The Balaban J connectivity index is 1.33. The van der Waals surface area contributed by atoms with Crippen molar-refractivity contribution in [3.05, 3.63) is 66.7 Å². The van der Waals surface area contributed by atoms with Crippen LogP contribution in [0, 0.1) is 0 Å². The van der Waals surface area contributed by atoms with Crippen molar-refractivity contribution >= 4 is 15.7 Å². The van der Waals surface area contributed by atoms with Crippen molar-refractivity contribution in [1.29, 1.82) is 0 Å². The number of rotatable bonds is 6. The fourth-order valence-corrected chi connectivity index (χ4v) is 4.01. The van der Waals surface area contributed by atoms with Gasteiger partial charge in [0.1, 0.15) is 13.2 Å². The van der Waals surface area contributed by atoms with Gasteiger partial charge in [-0.3, -0.25) is 9.62 Å². The first kappa shape index (κ1) is 21.2. The highest BCUT2D eigenvalue weighted by atomic mass is 32.2. The predicted molar refractivity (Wildman–Crippen MR) is 120 cm³/mol. The molecule has 4 rings (SSSR count). The largest absolute Gasteiger partial charge is 0.488 e. The molecule has 0 fully saturated rings. The number of benzene rings is 2. The lowest BCUT2D eigenvalue weighted by molar-refractivity contribution is 0.198. The first-order valence-electron chi connectivity index (χ1n) is 10.1. The van der Waals surface area contributed by atoms with Crippen LogP contribution >= 0.6 is 0 Å². The summed E-state index contributed by atoms with van der Waals surface area (Å²) in [5.74, 6) is 1.17. The predicted octanol–water partition coefficient (Wildman–Crippen LogP) is 2.56. The Morgan fingerprint density at radius 3 is 2.45 bits per heavy atom. The molecule has 1 aliphatic heterocycles. The van der Waals surface area contributed by atoms with E-state index < -0.39 is 10.0 Å². The average molecular weight is 443 g/mol. The Morgan fingerprint density at radius 2 is 1.77 bits per heavy atom. The van der Waals surface area contributed by atoms with Gasteiger partial charge in [-0.15, -0.1) is 0 Å². The Bertz CT molecular complexity index is 1100. The third kappa shape index (κ3) is 5.99. The van der Waals surface area contributed by atoms with Gasteiger partial charge in [0.25, 0.3) is 0 Å². The molecule has 0 unspecified atom stereocenters. The SMILES string of the molecule is CS(=O)(=O)Nc1ccc2c(c1)OCCN(CCc1ccc(-n3ccnc3)cc1)CCO2. The lowest BCUT2D eigenvalue weighted by atomic mass is 10.1. The van der Waals surface area contributed by atoms with E-state index in [1.165, 1.54) is 5.56 Å². The molecule has 0 saturated heterocycles. The molecule has 0 saturated carbocycles. The maximum atomic E-state index is 11.5. The van der Waals surface area contributed by atoms with E-state index in [4.69, 9.17) is 9.47 Å². The second kappa shape index (κ2) is 9.40. The van der Waals surface area contributed by atoms with Crippen LogP contribution in [0.2, 0.25) is 0 Å². The molecule has 0 spiro atoms. The first-order chi connectivity index (χ1) is 15.0. The number of imidazole rings is 1. The number of nitrogens with zero attached hydrogens (tertiary/aromatic N) is 3. The minimum absolute atomic E-state index is 0.458. The summed E-state index contributed by atoms with van der Waals surface area (Å²) in [5.41, 5.74) is 2.82. The van der Waals surface area contributed by atoms with Crippen LogP contribution in [0.15, 0.2) is 61.2 Å². The number of hydrogen-bond acceptors (Lipinski definition) is 6. The molecule has 2 aromatic carbocycles. The minimum Gasteiger partial charge on any atom is -0.488 e. The van der Waals surface area contributed by atoms with Gasteiger partial charge in [0.2, 0.25) is 10.0 Å². The van der Waals surface area contributed by atoms with Crippen molar-refractivity contribution < 1.29 is 17.9 Å². The Labute approximate surface area is 182 Å². The van der Waals surface area contributed by atoms with E-state index in [-0.39, 0.29) is 0 Å². The summed E-state index contributed by atoms with van der Waals surface area (Å²) in [7, 11) is -3.34. The number of anilines is 1. The normalized spacial score (nSPS) is 15.0. The molecule has 1 N–H and O–H groups in total. The zero-order chi connectivity index (χ0) is 21.7. The lowest BCUT2D eigenvalue weighted by Gasteiger charge is -2.20. The molecule has 3 aromatic rings. The van der Waals surface area contributed by atoms with Crippen molar-refractivity contribution in [1.82, 2.24) is 14.5 Å². The van der Waals surface area contributed by atoms with Crippen LogP contribution in [0.5, 0.6) is 11.5 Å². The van der Waals surface area contributed by atoms with Crippen LogP contribution in [0.25, 0.3) is 5.69 Å². The molecule has 9 heteroatoms. The summed E-state index contributed by atoms with van der Waals surface area (Å²) >= 11 is 0. The number of nitrogens with one attached hydrogen (secondary N) is 1. The number of ether oxygens (including phenoxy) is 2. The molecule has 164 valence electrons. The second-order valence-corrected chi connectivity index (χ2v) is 9.21. The molecule has 31 heavy (non-hydrogen) atoms. The highest BCUT2D eigenvalue weighted by Gasteiger charge is 2.14. The maximum Gasteiger partial charge on any atom is 0.229 e. The fourth-order valence-electron chi connectivity index (χ4n) is 3.46. The molecule has 0 radical (unpaired) electrons. The highest BCUT2D eigenvalue weighted by molar-refractivity contribution is 7.92. The molecule has 2 heterocycles. The van der Waals surface area contributed by atoms with Gasteiger partial charge in [0.05, 0.1) is 18.3 Å². The van der Waals surface area contributed by atoms with Crippen LogP contribution in [0.3, 0.4) is 0 Å². The van der Waals surface area contributed by atoms with Crippen molar-refractivity contribution in [2.45, 2.75) is 6.42 Å². The molecule has 1 aliphatic rings. The second-order valence-electron chi connectivity index (χ2n) is 7.46. The third-order valence-corrected chi connectivity index (χ3v) is 5.64. The van der Waals surface area contributed by atoms with Gasteiger partial charge in [-0.1, -0.05) is 12.1 Å². The number of aromatic nitrogens is 2. The van der Waals surface area contributed by atoms with E-state index >= 15 is 0 Å². The Kier molecular flexibility index (Phi) is 6.43. The van der Waals surface area contributed by atoms with Crippen LogP contribution in [-0.2, 0) is 16.4 Å². The number of fused-ring (bicyclic) bond motifs is 1. The number of sulfonamides is 1. The molecular formula is C22H26N4O4S. The zero-order valence-electron chi connectivity index (χ0n) is 17.4. The van der Waals surface area contributed by atoms with Crippen LogP contribution in [0.1, 0.15) is 5.56 Å². The lowest BCUT2D eigenvalue weighted by Crippen LogP contribution is -2.33. The smallest absolute Gasteiger partial charge is 0.229 e. The van der Waals surface area contributed by atoms with Gasteiger partial charge in [-0.2, -0.15) is 0 Å². The molecule has 1 aromatic heterocycles. The summed E-state index contributed by atoms with van der Waals surface area (Å²) in [6, 6.07) is 13.6. The van der Waals surface area contributed by atoms with Gasteiger partial charge in [-0.05, 0) is 36.2 Å². The topological polar surface area (TPSA) is 85.7 Å². The van der Waals surface area contributed by atoms with Gasteiger partial charge in [-0.25, -0.2) is 13.4 Å². The molecule has 0 amide bonds. The molecule has 8 nitrogen and oxygen atoms in total. The highest BCUT2D eigenvalue weighted by Crippen LogP contribution is 2.31. The van der Waals surface area contributed by atoms with Gasteiger partial charge in [0, 0.05) is 43.8 Å². The Morgan fingerprint density at radius 1 is 1.03 bits per heavy atom. The van der Waals surface area contributed by atoms with Gasteiger partial charge < -0.3 is 14.0 Å². The zero-order valence-corrected chi connectivity index (χ0v) is 18.2. The third-order valence-electron chi connectivity index (χ3n) is 5.03. The van der Waals surface area contributed by atoms with Crippen LogP contribution in [0.4, 0.5) is 5.69 Å². The van der Waals surface area contributed by atoms with Crippen LogP contribution in [-0.4, -0.2) is 62.0 Å². The van der Waals surface area contributed by atoms with Crippen molar-refractivity contribution in [3.63, 3.8) is 0 Å². The van der Waals surface area contributed by atoms with Crippen molar-refractivity contribution in [2.24, 2.45) is 0 Å². The average Bonchev–Trinajstić information content (AvgIpc) is 3.29. The summed E-state index contributed by atoms with van der Waals surface area (Å²) < 4.78 is 39.1. The summed E-state index contributed by atoms with van der Waals surface area (Å²) in [6.45, 7) is 3.49. The van der Waals surface area contributed by atoms with E-state index in [0.29, 0.717) is 30.4 Å². The van der Waals surface area contributed by atoms with E-state index in [0.717, 1.165) is 38.0 Å². The van der Waals surface area contributed by atoms with E-state index in [1.54, 1.807) is 30.7 Å². The number of hydrogen-bond donors (Lipinski definition) is 1. The fraction of sp³-hybridized carbons (Fsp3) is 0.318. The standard InChI is InChI=1S/C22H26N4O4S/c1-31(27,28)24-19-4-7-21-22(16-19)30-15-13-25(12-14-29-21)10-8-18-2-5-20(6-3-18)26-11-9-23-17-26/h2-7,9,11,16-17,24H,8,10,12-15H2,1H3. The molecule has 0 aliphatic carbocycles. The van der Waals surface area contributed by atoms with Crippen molar-refractivity contribution in [3.8, 4) is 17.2 Å². The molecule has 0 atom stereocenters. The molecular weight excluding hydrogens is 416 g/mol. The van der Waals surface area contributed by atoms with E-state index in [9.17, 15) is 8.42 Å². The van der Waals surface area contributed by atoms with Crippen LogP contribution < -0.4 is 14.2 Å². The quantitative estimate of drug-likeness (QED) is 0.632. The monoisotopic (exact) mass is 442 g/mol. The molecule has 0 bridgehead atoms. The van der Waals surface area contributed by atoms with Gasteiger partial charge in [0.15, 0.2) is 11.5 Å². The summed E-state index contributed by atoms with van der Waals surface area (Å²) in [6.07, 6.45) is 7.53.